The van der Waals surface area contributed by atoms with Crippen LogP contribution in [-0.4, -0.2) is 37.4 Å². The van der Waals surface area contributed by atoms with E-state index in [2.05, 4.69) is 17.4 Å². The third-order valence-electron chi connectivity index (χ3n) is 5.31. The minimum atomic E-state index is -0.197. The maximum absolute atomic E-state index is 12.8. The van der Waals surface area contributed by atoms with Crippen molar-refractivity contribution in [1.82, 2.24) is 10.2 Å². The molecule has 1 N–H and O–H groups in total. The number of benzene rings is 3. The molecule has 0 aliphatic carbocycles. The molecule has 1 unspecified atom stereocenters. The highest BCUT2D eigenvalue weighted by atomic mass is 16.5. The Kier molecular flexibility index (Phi) is 8.03. The van der Waals surface area contributed by atoms with Gasteiger partial charge >= 0.3 is 0 Å². The second kappa shape index (κ2) is 11.1. The van der Waals surface area contributed by atoms with Gasteiger partial charge in [0.25, 0.3) is 5.91 Å². The Bertz CT molecular complexity index is 1030. The summed E-state index contributed by atoms with van der Waals surface area (Å²) in [7, 11) is 3.39. The number of likely N-dealkylation sites (N-methyl/N-ethyl adjacent to an activating group) is 1. The molecule has 2 amide bonds. The molecule has 3 aromatic carbocycles. The molecule has 0 saturated heterocycles. The zero-order valence-corrected chi connectivity index (χ0v) is 18.9. The molecule has 0 spiro atoms. The second-order valence-corrected chi connectivity index (χ2v) is 7.88. The largest absolute Gasteiger partial charge is 0.483 e. The normalized spacial score (nSPS) is 11.5. The lowest BCUT2D eigenvalue weighted by molar-refractivity contribution is -0.130. The summed E-state index contributed by atoms with van der Waals surface area (Å²) in [5, 5.41) is 3.11. The van der Waals surface area contributed by atoms with Crippen LogP contribution >= 0.6 is 0 Å². The Morgan fingerprint density at radius 2 is 1.50 bits per heavy atom. The predicted octanol–water partition coefficient (Wildman–Crippen LogP) is 4.63. The molecular formula is C27H30N2O3. The fourth-order valence-electron chi connectivity index (χ4n) is 3.44. The van der Waals surface area contributed by atoms with Gasteiger partial charge < -0.3 is 15.0 Å². The van der Waals surface area contributed by atoms with Gasteiger partial charge in [0, 0.05) is 19.7 Å². The first-order chi connectivity index (χ1) is 15.5. The topological polar surface area (TPSA) is 58.6 Å². The molecule has 0 aliphatic heterocycles. The number of carbonyl (C=O) groups excluding carboxylic acids is 2. The Hall–Kier alpha value is -3.60. The monoisotopic (exact) mass is 430 g/mol. The predicted molar refractivity (Wildman–Crippen MR) is 127 cm³/mol. The van der Waals surface area contributed by atoms with E-state index in [4.69, 9.17) is 4.74 Å². The lowest BCUT2D eigenvalue weighted by Crippen LogP contribution is -2.30. The van der Waals surface area contributed by atoms with Crippen LogP contribution in [0.2, 0.25) is 0 Å². The van der Waals surface area contributed by atoms with Crippen molar-refractivity contribution in [2.75, 3.05) is 20.7 Å². The maximum atomic E-state index is 12.8. The van der Waals surface area contributed by atoms with E-state index in [0.29, 0.717) is 18.6 Å². The molecule has 166 valence electrons. The molecule has 3 aromatic rings. The fraction of sp³-hybridized carbons (Fsp3) is 0.259. The summed E-state index contributed by atoms with van der Waals surface area (Å²) in [6, 6.07) is 25.6. The Balaban J connectivity index is 1.64. The zero-order chi connectivity index (χ0) is 22.9. The van der Waals surface area contributed by atoms with Gasteiger partial charge in [0.2, 0.25) is 5.91 Å². The van der Waals surface area contributed by atoms with Crippen LogP contribution < -0.4 is 10.1 Å². The van der Waals surface area contributed by atoms with Gasteiger partial charge in [-0.3, -0.25) is 9.59 Å². The van der Waals surface area contributed by atoms with Gasteiger partial charge in [0.15, 0.2) is 6.61 Å². The lowest BCUT2D eigenvalue weighted by Gasteiger charge is -2.21. The highest BCUT2D eigenvalue weighted by molar-refractivity contribution is 5.79. The van der Waals surface area contributed by atoms with Crippen molar-refractivity contribution in [3.8, 4) is 16.9 Å². The highest BCUT2D eigenvalue weighted by Gasteiger charge is 2.18. The van der Waals surface area contributed by atoms with Crippen LogP contribution in [0.3, 0.4) is 0 Å². The third-order valence-corrected chi connectivity index (χ3v) is 5.31. The average Bonchev–Trinajstić information content (AvgIpc) is 2.82. The summed E-state index contributed by atoms with van der Waals surface area (Å²) < 4.78 is 5.76. The zero-order valence-electron chi connectivity index (χ0n) is 18.9. The molecule has 0 radical (unpaired) electrons. The summed E-state index contributed by atoms with van der Waals surface area (Å²) in [6.45, 7) is 1.98. The van der Waals surface area contributed by atoms with Crippen LogP contribution in [0.15, 0.2) is 78.9 Å². The average molecular weight is 431 g/mol. The van der Waals surface area contributed by atoms with E-state index in [1.807, 2.05) is 73.7 Å². The van der Waals surface area contributed by atoms with E-state index in [9.17, 15) is 9.59 Å². The first kappa shape index (κ1) is 23.1. The molecule has 0 bridgehead atoms. The van der Waals surface area contributed by atoms with E-state index in [1.54, 1.807) is 14.1 Å². The molecular weight excluding hydrogens is 400 g/mol. The first-order valence-corrected chi connectivity index (χ1v) is 10.8. The molecule has 0 saturated carbocycles. The van der Waals surface area contributed by atoms with E-state index in [0.717, 1.165) is 22.3 Å². The van der Waals surface area contributed by atoms with Gasteiger partial charge in [-0.05, 0) is 29.2 Å². The number of carbonyl (C=O) groups is 2. The van der Waals surface area contributed by atoms with Crippen LogP contribution in [0.1, 0.15) is 30.5 Å². The van der Waals surface area contributed by atoms with Crippen LogP contribution in [-0.2, 0) is 16.0 Å². The number of nitrogens with zero attached hydrogens (tertiary/aromatic N) is 1. The number of para-hydroxylation sites is 1. The summed E-state index contributed by atoms with van der Waals surface area (Å²) in [4.78, 5) is 26.1. The third kappa shape index (κ3) is 6.20. The van der Waals surface area contributed by atoms with Gasteiger partial charge in [0.05, 0.1) is 12.5 Å². The number of hydrogen-bond acceptors (Lipinski definition) is 3. The number of amides is 2. The van der Waals surface area contributed by atoms with Crippen molar-refractivity contribution in [1.29, 1.82) is 0 Å². The summed E-state index contributed by atoms with van der Waals surface area (Å²) >= 11 is 0. The highest BCUT2D eigenvalue weighted by Crippen LogP contribution is 2.27. The number of hydrogen-bond donors (Lipinski definition) is 1. The molecule has 0 fully saturated rings. The molecule has 0 aromatic heterocycles. The van der Waals surface area contributed by atoms with Crippen LogP contribution in [0.25, 0.3) is 11.1 Å². The summed E-state index contributed by atoms with van der Waals surface area (Å²) in [6.07, 6.45) is 1.01. The quantitative estimate of drug-likeness (QED) is 0.538. The number of ether oxygens (including phenoxy) is 1. The van der Waals surface area contributed by atoms with E-state index in [1.165, 1.54) is 4.90 Å². The molecule has 32 heavy (non-hydrogen) atoms. The maximum Gasteiger partial charge on any atom is 0.259 e. The van der Waals surface area contributed by atoms with Crippen molar-refractivity contribution in [2.45, 2.75) is 25.8 Å². The van der Waals surface area contributed by atoms with E-state index < -0.39 is 0 Å². The standard InChI is InChI=1S/C27H30N2O3/c1-4-24(23-12-8-9-13-25(23)32-19-27(31)29(2)3)28-26(30)18-20-14-16-22(17-15-20)21-10-6-5-7-11-21/h5-17,24H,4,18-19H2,1-3H3,(H,28,30). The van der Waals surface area contributed by atoms with Crippen LogP contribution in [0, 0.1) is 0 Å². The Morgan fingerprint density at radius 1 is 0.875 bits per heavy atom. The van der Waals surface area contributed by atoms with Gasteiger partial charge in [0.1, 0.15) is 5.75 Å². The molecule has 5 heteroatoms. The van der Waals surface area contributed by atoms with Gasteiger partial charge in [-0.1, -0.05) is 79.7 Å². The molecule has 0 heterocycles. The van der Waals surface area contributed by atoms with Crippen LogP contribution in [0.4, 0.5) is 0 Å². The number of nitrogens with one attached hydrogen (secondary N) is 1. The summed E-state index contributed by atoms with van der Waals surface area (Å²) in [5.41, 5.74) is 4.10. The SMILES string of the molecule is CCC(NC(=O)Cc1ccc(-c2ccccc2)cc1)c1ccccc1OCC(=O)N(C)C. The molecule has 1 atom stereocenters. The number of rotatable bonds is 9. The Morgan fingerprint density at radius 3 is 2.16 bits per heavy atom. The minimum absolute atomic E-state index is 0.0395. The molecule has 5 nitrogen and oxygen atoms in total. The van der Waals surface area contributed by atoms with E-state index >= 15 is 0 Å². The van der Waals surface area contributed by atoms with Gasteiger partial charge in [-0.2, -0.15) is 0 Å². The van der Waals surface area contributed by atoms with Crippen molar-refractivity contribution in [3.63, 3.8) is 0 Å². The molecule has 0 aliphatic rings. The summed E-state index contributed by atoms with van der Waals surface area (Å²) in [5.74, 6) is 0.446. The van der Waals surface area contributed by atoms with Gasteiger partial charge in [-0.25, -0.2) is 0 Å². The van der Waals surface area contributed by atoms with Crippen molar-refractivity contribution >= 4 is 11.8 Å². The van der Waals surface area contributed by atoms with Crippen molar-refractivity contribution < 1.29 is 14.3 Å². The minimum Gasteiger partial charge on any atom is -0.483 e. The van der Waals surface area contributed by atoms with E-state index in [-0.39, 0.29) is 24.5 Å². The molecule has 3 rings (SSSR count). The van der Waals surface area contributed by atoms with Gasteiger partial charge in [-0.15, -0.1) is 0 Å². The van der Waals surface area contributed by atoms with Crippen molar-refractivity contribution in [3.05, 3.63) is 90.0 Å². The van der Waals surface area contributed by atoms with Crippen LogP contribution in [0.5, 0.6) is 5.75 Å². The Labute approximate surface area is 190 Å². The second-order valence-electron chi connectivity index (χ2n) is 7.88. The fourth-order valence-corrected chi connectivity index (χ4v) is 3.44. The lowest BCUT2D eigenvalue weighted by atomic mass is 10.0. The smallest absolute Gasteiger partial charge is 0.259 e. The van der Waals surface area contributed by atoms with Crippen molar-refractivity contribution in [2.24, 2.45) is 0 Å². The first-order valence-electron chi connectivity index (χ1n) is 10.8.